The van der Waals surface area contributed by atoms with E-state index in [2.05, 4.69) is 5.32 Å². The molecule has 0 heterocycles. The average Bonchev–Trinajstić information content (AvgIpc) is 2.81. The van der Waals surface area contributed by atoms with Gasteiger partial charge in [0.05, 0.1) is 5.02 Å². The van der Waals surface area contributed by atoms with Gasteiger partial charge < -0.3 is 15.0 Å². The van der Waals surface area contributed by atoms with E-state index in [-0.39, 0.29) is 18.4 Å². The summed E-state index contributed by atoms with van der Waals surface area (Å²) in [6.07, 6.45) is 0.399. The van der Waals surface area contributed by atoms with E-state index in [0.717, 1.165) is 16.7 Å². The third kappa shape index (κ3) is 7.09. The molecule has 3 aromatic rings. The van der Waals surface area contributed by atoms with Gasteiger partial charge in [0.15, 0.2) is 6.61 Å². The Hall–Kier alpha value is -3.31. The first-order chi connectivity index (χ1) is 16.0. The van der Waals surface area contributed by atoms with Crippen LogP contribution < -0.4 is 10.1 Å². The highest BCUT2D eigenvalue weighted by Crippen LogP contribution is 2.23. The van der Waals surface area contributed by atoms with Crippen molar-refractivity contribution in [3.63, 3.8) is 0 Å². The summed E-state index contributed by atoms with van der Waals surface area (Å²) < 4.78 is 5.73. The van der Waals surface area contributed by atoms with E-state index in [1.807, 2.05) is 68.4 Å². The number of para-hydroxylation sites is 1. The number of rotatable bonds is 10. The molecule has 0 bridgehead atoms. The summed E-state index contributed by atoms with van der Waals surface area (Å²) in [5, 5.41) is 3.32. The summed E-state index contributed by atoms with van der Waals surface area (Å²) in [6.45, 7) is 4.42. The minimum absolute atomic E-state index is 0.194. The summed E-state index contributed by atoms with van der Waals surface area (Å²) >= 11 is 6.18. The molecule has 0 saturated carbocycles. The van der Waals surface area contributed by atoms with Gasteiger partial charge in [-0.3, -0.25) is 9.59 Å². The largest absolute Gasteiger partial charge is 0.482 e. The van der Waals surface area contributed by atoms with Crippen molar-refractivity contribution in [3.05, 3.63) is 101 Å². The van der Waals surface area contributed by atoms with Crippen LogP contribution in [0.1, 0.15) is 23.6 Å². The lowest BCUT2D eigenvalue weighted by atomic mass is 10.0. The van der Waals surface area contributed by atoms with Crippen molar-refractivity contribution >= 4 is 23.4 Å². The van der Waals surface area contributed by atoms with Crippen molar-refractivity contribution in [3.8, 4) is 5.75 Å². The first-order valence-electron chi connectivity index (χ1n) is 11.0. The minimum Gasteiger partial charge on any atom is -0.482 e. The Morgan fingerprint density at radius 1 is 0.970 bits per heavy atom. The maximum absolute atomic E-state index is 13.4. The van der Waals surface area contributed by atoms with E-state index in [4.69, 9.17) is 16.3 Å². The fourth-order valence-corrected chi connectivity index (χ4v) is 3.83. The zero-order valence-corrected chi connectivity index (χ0v) is 19.7. The fraction of sp³-hybridized carbons (Fsp3) is 0.259. The van der Waals surface area contributed by atoms with Crippen LogP contribution in [-0.4, -0.2) is 35.9 Å². The molecule has 33 heavy (non-hydrogen) atoms. The van der Waals surface area contributed by atoms with Crippen LogP contribution >= 0.6 is 11.6 Å². The Labute approximate surface area is 200 Å². The van der Waals surface area contributed by atoms with Crippen molar-refractivity contribution in [2.24, 2.45) is 0 Å². The lowest BCUT2D eigenvalue weighted by Crippen LogP contribution is -2.51. The smallest absolute Gasteiger partial charge is 0.261 e. The van der Waals surface area contributed by atoms with Gasteiger partial charge in [0.25, 0.3) is 5.91 Å². The van der Waals surface area contributed by atoms with Gasteiger partial charge in [-0.15, -0.1) is 0 Å². The Morgan fingerprint density at radius 2 is 1.67 bits per heavy atom. The second-order valence-corrected chi connectivity index (χ2v) is 8.24. The van der Waals surface area contributed by atoms with E-state index in [1.54, 1.807) is 29.2 Å². The van der Waals surface area contributed by atoms with Crippen LogP contribution in [-0.2, 0) is 22.6 Å². The Bertz CT molecular complexity index is 1070. The second kappa shape index (κ2) is 12.1. The lowest BCUT2D eigenvalue weighted by molar-refractivity contribution is -0.142. The number of aryl methyl sites for hydroxylation is 1. The maximum atomic E-state index is 13.4. The van der Waals surface area contributed by atoms with E-state index >= 15 is 0 Å². The van der Waals surface area contributed by atoms with Crippen LogP contribution in [0, 0.1) is 6.92 Å². The molecule has 0 radical (unpaired) electrons. The van der Waals surface area contributed by atoms with Crippen molar-refractivity contribution in [2.75, 3.05) is 13.2 Å². The number of ether oxygens (including phenoxy) is 1. The van der Waals surface area contributed by atoms with E-state index in [1.165, 1.54) is 0 Å². The topological polar surface area (TPSA) is 58.6 Å². The van der Waals surface area contributed by atoms with Gasteiger partial charge in [-0.2, -0.15) is 0 Å². The zero-order chi connectivity index (χ0) is 23.6. The molecule has 6 heteroatoms. The van der Waals surface area contributed by atoms with E-state index in [0.29, 0.717) is 30.3 Å². The molecular weight excluding hydrogens is 436 g/mol. The predicted molar refractivity (Wildman–Crippen MR) is 131 cm³/mol. The molecule has 0 aliphatic rings. The molecule has 0 aliphatic carbocycles. The maximum Gasteiger partial charge on any atom is 0.261 e. The minimum atomic E-state index is -0.685. The summed E-state index contributed by atoms with van der Waals surface area (Å²) in [6, 6.07) is 24.0. The molecule has 1 atom stereocenters. The average molecular weight is 465 g/mol. The zero-order valence-electron chi connectivity index (χ0n) is 19.0. The number of hydrogen-bond donors (Lipinski definition) is 1. The quantitative estimate of drug-likeness (QED) is 0.468. The number of benzene rings is 3. The van der Waals surface area contributed by atoms with Crippen LogP contribution in [0.4, 0.5) is 0 Å². The molecule has 0 aromatic heterocycles. The Kier molecular flexibility index (Phi) is 8.90. The van der Waals surface area contributed by atoms with Gasteiger partial charge in [0.1, 0.15) is 11.8 Å². The molecule has 172 valence electrons. The molecular formula is C27H29ClN2O3. The highest BCUT2D eigenvalue weighted by atomic mass is 35.5. The normalized spacial score (nSPS) is 11.5. The fourth-order valence-electron chi connectivity index (χ4n) is 3.64. The van der Waals surface area contributed by atoms with Gasteiger partial charge in [0, 0.05) is 19.5 Å². The molecule has 1 N–H and O–H groups in total. The highest BCUT2D eigenvalue weighted by Gasteiger charge is 2.30. The summed E-state index contributed by atoms with van der Waals surface area (Å²) in [4.78, 5) is 28.1. The summed E-state index contributed by atoms with van der Waals surface area (Å²) in [5.41, 5.74) is 3.01. The van der Waals surface area contributed by atoms with Gasteiger partial charge in [0.2, 0.25) is 5.91 Å². The number of carbonyl (C=O) groups excluding carboxylic acids is 2. The Morgan fingerprint density at radius 3 is 2.36 bits per heavy atom. The third-order valence-electron chi connectivity index (χ3n) is 5.25. The van der Waals surface area contributed by atoms with E-state index < -0.39 is 6.04 Å². The lowest BCUT2D eigenvalue weighted by Gasteiger charge is -2.31. The van der Waals surface area contributed by atoms with Crippen LogP contribution in [0.15, 0.2) is 78.9 Å². The molecule has 5 nitrogen and oxygen atoms in total. The van der Waals surface area contributed by atoms with Crippen LogP contribution in [0.2, 0.25) is 5.02 Å². The summed E-state index contributed by atoms with van der Waals surface area (Å²) in [7, 11) is 0. The molecule has 3 aromatic carbocycles. The first-order valence-corrected chi connectivity index (χ1v) is 11.4. The standard InChI is InChI=1S/C27H29ClN2O3/c1-3-29-27(32)24(17-21-11-5-4-6-12-21)30(18-22-13-9-10-20(2)16-22)26(31)19-33-25-15-8-7-14-23(25)28/h4-16,24H,3,17-19H2,1-2H3,(H,29,32)/t24-/m0/s1. The number of carbonyl (C=O) groups is 2. The first kappa shape index (κ1) is 24.3. The van der Waals surface area contributed by atoms with Gasteiger partial charge in [-0.05, 0) is 37.1 Å². The number of nitrogens with zero attached hydrogens (tertiary/aromatic N) is 1. The van der Waals surface area contributed by atoms with Crippen LogP contribution in [0.5, 0.6) is 5.75 Å². The molecule has 0 unspecified atom stereocenters. The highest BCUT2D eigenvalue weighted by molar-refractivity contribution is 6.32. The number of nitrogens with one attached hydrogen (secondary N) is 1. The number of amides is 2. The SMILES string of the molecule is CCNC(=O)[C@H](Cc1ccccc1)N(Cc1cccc(C)c1)C(=O)COc1ccccc1Cl. The second-order valence-electron chi connectivity index (χ2n) is 7.83. The van der Waals surface area contributed by atoms with Crippen LogP contribution in [0.3, 0.4) is 0 Å². The molecule has 0 saturated heterocycles. The van der Waals surface area contributed by atoms with Gasteiger partial charge >= 0.3 is 0 Å². The summed E-state index contributed by atoms with van der Waals surface area (Å²) in [5.74, 6) is -0.0515. The predicted octanol–water partition coefficient (Wildman–Crippen LogP) is 4.80. The Balaban J connectivity index is 1.90. The van der Waals surface area contributed by atoms with E-state index in [9.17, 15) is 9.59 Å². The van der Waals surface area contributed by atoms with Gasteiger partial charge in [-0.25, -0.2) is 0 Å². The van der Waals surface area contributed by atoms with Crippen molar-refractivity contribution in [2.45, 2.75) is 32.9 Å². The monoisotopic (exact) mass is 464 g/mol. The molecule has 0 spiro atoms. The molecule has 0 fully saturated rings. The van der Waals surface area contributed by atoms with Crippen molar-refractivity contribution in [1.29, 1.82) is 0 Å². The third-order valence-corrected chi connectivity index (χ3v) is 5.56. The number of hydrogen-bond acceptors (Lipinski definition) is 3. The van der Waals surface area contributed by atoms with Crippen molar-refractivity contribution < 1.29 is 14.3 Å². The number of halogens is 1. The molecule has 3 rings (SSSR count). The van der Waals surface area contributed by atoms with Crippen molar-refractivity contribution in [1.82, 2.24) is 10.2 Å². The number of likely N-dealkylation sites (N-methyl/N-ethyl adjacent to an activating group) is 1. The van der Waals surface area contributed by atoms with Crippen LogP contribution in [0.25, 0.3) is 0 Å². The molecule has 2 amide bonds. The van der Waals surface area contributed by atoms with Gasteiger partial charge in [-0.1, -0.05) is 83.9 Å². The molecule has 0 aliphatic heterocycles.